The molecule has 0 saturated heterocycles. The third-order valence-electron chi connectivity index (χ3n) is 4.84. The number of benzene rings is 2. The quantitative estimate of drug-likeness (QED) is 0.589. The van der Waals surface area contributed by atoms with E-state index in [1.807, 2.05) is 85.5 Å². The SMILES string of the molecule is Cc1cccc(OCC(=O)N(CCc2ccccn2)Cc2ccccc2)c1C. The largest absolute Gasteiger partial charge is 0.483 e. The highest BCUT2D eigenvalue weighted by molar-refractivity contribution is 5.77. The second-order valence-corrected chi connectivity index (χ2v) is 6.86. The summed E-state index contributed by atoms with van der Waals surface area (Å²) < 4.78 is 5.84. The van der Waals surface area contributed by atoms with Gasteiger partial charge in [-0.15, -0.1) is 0 Å². The molecule has 0 aliphatic carbocycles. The van der Waals surface area contributed by atoms with Crippen molar-refractivity contribution in [2.45, 2.75) is 26.8 Å². The van der Waals surface area contributed by atoms with E-state index >= 15 is 0 Å². The molecule has 0 spiro atoms. The van der Waals surface area contributed by atoms with Crippen molar-refractivity contribution >= 4 is 5.91 Å². The molecule has 0 aliphatic rings. The van der Waals surface area contributed by atoms with Crippen molar-refractivity contribution in [1.29, 1.82) is 0 Å². The lowest BCUT2D eigenvalue weighted by Crippen LogP contribution is -2.36. The van der Waals surface area contributed by atoms with E-state index in [9.17, 15) is 4.79 Å². The van der Waals surface area contributed by atoms with Crippen molar-refractivity contribution in [3.05, 3.63) is 95.3 Å². The van der Waals surface area contributed by atoms with Gasteiger partial charge >= 0.3 is 0 Å². The van der Waals surface area contributed by atoms with Crippen LogP contribution in [0.5, 0.6) is 5.75 Å². The van der Waals surface area contributed by atoms with E-state index in [4.69, 9.17) is 4.74 Å². The Kier molecular flexibility index (Phi) is 6.79. The third kappa shape index (κ3) is 5.43. The van der Waals surface area contributed by atoms with Crippen LogP contribution in [0.3, 0.4) is 0 Å². The van der Waals surface area contributed by atoms with E-state index in [2.05, 4.69) is 4.98 Å². The molecule has 1 aromatic heterocycles. The number of amides is 1. The summed E-state index contributed by atoms with van der Waals surface area (Å²) in [4.78, 5) is 19.1. The molecule has 0 fully saturated rings. The highest BCUT2D eigenvalue weighted by Gasteiger charge is 2.16. The van der Waals surface area contributed by atoms with E-state index in [0.717, 1.165) is 28.1 Å². The number of nitrogens with zero attached hydrogens (tertiary/aromatic N) is 2. The molecule has 1 amide bonds. The van der Waals surface area contributed by atoms with Gasteiger partial charge in [-0.1, -0.05) is 48.5 Å². The number of carbonyl (C=O) groups is 1. The number of hydrogen-bond acceptors (Lipinski definition) is 3. The van der Waals surface area contributed by atoms with E-state index in [0.29, 0.717) is 19.5 Å². The number of rotatable bonds is 8. The summed E-state index contributed by atoms with van der Waals surface area (Å²) in [5.41, 5.74) is 4.30. The molecular formula is C24H26N2O2. The summed E-state index contributed by atoms with van der Waals surface area (Å²) in [6, 6.07) is 21.8. The normalized spacial score (nSPS) is 10.5. The number of aromatic nitrogens is 1. The Morgan fingerprint density at radius 2 is 1.75 bits per heavy atom. The predicted octanol–water partition coefficient (Wildman–Crippen LogP) is 4.35. The van der Waals surface area contributed by atoms with Gasteiger partial charge in [0.1, 0.15) is 5.75 Å². The van der Waals surface area contributed by atoms with Crippen LogP contribution < -0.4 is 4.74 Å². The van der Waals surface area contributed by atoms with Gasteiger partial charge in [-0.05, 0) is 48.7 Å². The Morgan fingerprint density at radius 3 is 2.50 bits per heavy atom. The first-order valence-corrected chi connectivity index (χ1v) is 9.54. The highest BCUT2D eigenvalue weighted by Crippen LogP contribution is 2.20. The fourth-order valence-corrected chi connectivity index (χ4v) is 3.00. The van der Waals surface area contributed by atoms with E-state index in [-0.39, 0.29) is 12.5 Å². The van der Waals surface area contributed by atoms with Gasteiger partial charge in [0, 0.05) is 31.4 Å². The summed E-state index contributed by atoms with van der Waals surface area (Å²) in [5, 5.41) is 0. The van der Waals surface area contributed by atoms with Gasteiger partial charge in [0.25, 0.3) is 5.91 Å². The van der Waals surface area contributed by atoms with Gasteiger partial charge < -0.3 is 9.64 Å². The van der Waals surface area contributed by atoms with Gasteiger partial charge in [-0.3, -0.25) is 9.78 Å². The van der Waals surface area contributed by atoms with Crippen LogP contribution in [-0.2, 0) is 17.8 Å². The Bertz CT molecular complexity index is 895. The molecule has 0 radical (unpaired) electrons. The van der Waals surface area contributed by atoms with Crippen LogP contribution in [0.15, 0.2) is 72.9 Å². The minimum absolute atomic E-state index is 0.0271. The van der Waals surface area contributed by atoms with Crippen LogP contribution in [-0.4, -0.2) is 28.9 Å². The van der Waals surface area contributed by atoms with Crippen molar-refractivity contribution in [1.82, 2.24) is 9.88 Å². The highest BCUT2D eigenvalue weighted by atomic mass is 16.5. The lowest BCUT2D eigenvalue weighted by atomic mass is 10.1. The minimum atomic E-state index is -0.0271. The van der Waals surface area contributed by atoms with Gasteiger partial charge in [0.05, 0.1) is 0 Å². The molecule has 0 aliphatic heterocycles. The summed E-state index contributed by atoms with van der Waals surface area (Å²) in [6.07, 6.45) is 2.49. The summed E-state index contributed by atoms with van der Waals surface area (Å²) in [7, 11) is 0. The fraction of sp³-hybridized carbons (Fsp3) is 0.250. The van der Waals surface area contributed by atoms with Crippen molar-refractivity contribution in [3.8, 4) is 5.75 Å². The van der Waals surface area contributed by atoms with E-state index in [1.165, 1.54) is 0 Å². The average molecular weight is 374 g/mol. The van der Waals surface area contributed by atoms with E-state index < -0.39 is 0 Å². The zero-order valence-corrected chi connectivity index (χ0v) is 16.5. The van der Waals surface area contributed by atoms with Crippen molar-refractivity contribution < 1.29 is 9.53 Å². The summed E-state index contributed by atoms with van der Waals surface area (Å²) in [6.45, 7) is 5.24. The molecule has 28 heavy (non-hydrogen) atoms. The zero-order chi connectivity index (χ0) is 19.8. The maximum atomic E-state index is 12.9. The second-order valence-electron chi connectivity index (χ2n) is 6.86. The smallest absolute Gasteiger partial charge is 0.260 e. The molecule has 0 N–H and O–H groups in total. The second kappa shape index (κ2) is 9.70. The summed E-state index contributed by atoms with van der Waals surface area (Å²) in [5.74, 6) is 0.735. The van der Waals surface area contributed by atoms with Crippen molar-refractivity contribution in [2.24, 2.45) is 0 Å². The molecule has 3 rings (SSSR count). The van der Waals surface area contributed by atoms with Crippen LogP contribution in [0.1, 0.15) is 22.4 Å². The van der Waals surface area contributed by atoms with Crippen LogP contribution in [0.4, 0.5) is 0 Å². The Hall–Kier alpha value is -3.14. The van der Waals surface area contributed by atoms with Crippen LogP contribution in [0, 0.1) is 13.8 Å². The van der Waals surface area contributed by atoms with Gasteiger partial charge in [0.15, 0.2) is 6.61 Å². The first kappa shape index (κ1) is 19.6. The van der Waals surface area contributed by atoms with E-state index in [1.54, 1.807) is 6.20 Å². The molecule has 0 atom stereocenters. The third-order valence-corrected chi connectivity index (χ3v) is 4.84. The molecule has 2 aromatic carbocycles. The molecule has 4 heteroatoms. The Morgan fingerprint density at radius 1 is 0.964 bits per heavy atom. The monoisotopic (exact) mass is 374 g/mol. The number of carbonyl (C=O) groups excluding carboxylic acids is 1. The molecule has 1 heterocycles. The Labute approximate surface area is 166 Å². The van der Waals surface area contributed by atoms with Crippen molar-refractivity contribution in [2.75, 3.05) is 13.2 Å². The fourth-order valence-electron chi connectivity index (χ4n) is 3.00. The molecule has 0 saturated carbocycles. The number of hydrogen-bond donors (Lipinski definition) is 0. The topological polar surface area (TPSA) is 42.4 Å². The standard InChI is InChI=1S/C24H26N2O2/c1-19-9-8-13-23(20(19)2)28-18-24(27)26(17-21-10-4-3-5-11-21)16-14-22-12-6-7-15-25-22/h3-13,15H,14,16-18H2,1-2H3. The average Bonchev–Trinajstić information content (AvgIpc) is 2.73. The number of ether oxygens (including phenoxy) is 1. The minimum Gasteiger partial charge on any atom is -0.483 e. The zero-order valence-electron chi connectivity index (χ0n) is 16.5. The van der Waals surface area contributed by atoms with Gasteiger partial charge in [0.2, 0.25) is 0 Å². The molecule has 3 aromatic rings. The number of pyridine rings is 1. The summed E-state index contributed by atoms with van der Waals surface area (Å²) >= 11 is 0. The predicted molar refractivity (Wildman–Crippen MR) is 111 cm³/mol. The first-order chi connectivity index (χ1) is 13.6. The molecule has 144 valence electrons. The maximum absolute atomic E-state index is 12.9. The lowest BCUT2D eigenvalue weighted by molar-refractivity contribution is -0.134. The van der Waals surface area contributed by atoms with Gasteiger partial charge in [-0.2, -0.15) is 0 Å². The lowest BCUT2D eigenvalue weighted by Gasteiger charge is -2.23. The van der Waals surface area contributed by atoms with Crippen LogP contribution in [0.25, 0.3) is 0 Å². The van der Waals surface area contributed by atoms with Crippen molar-refractivity contribution in [3.63, 3.8) is 0 Å². The molecule has 0 bridgehead atoms. The number of aryl methyl sites for hydroxylation is 1. The maximum Gasteiger partial charge on any atom is 0.260 e. The molecular weight excluding hydrogens is 348 g/mol. The van der Waals surface area contributed by atoms with Crippen LogP contribution >= 0.6 is 0 Å². The Balaban J connectivity index is 1.67. The van der Waals surface area contributed by atoms with Crippen LogP contribution in [0.2, 0.25) is 0 Å². The molecule has 0 unspecified atom stereocenters. The van der Waals surface area contributed by atoms with Gasteiger partial charge in [-0.25, -0.2) is 0 Å². The molecule has 4 nitrogen and oxygen atoms in total. The first-order valence-electron chi connectivity index (χ1n) is 9.54.